The number of anilines is 1. The fourth-order valence-electron chi connectivity index (χ4n) is 3.79. The lowest BCUT2D eigenvalue weighted by molar-refractivity contribution is -0.120. The molecule has 2 heterocycles. The number of hydrogen-bond donors (Lipinski definition) is 0. The second-order valence-electron chi connectivity index (χ2n) is 7.98. The van der Waals surface area contributed by atoms with Crippen LogP contribution in [0.15, 0.2) is 30.3 Å². The third kappa shape index (κ3) is 5.93. The topological polar surface area (TPSA) is 64.1 Å². The van der Waals surface area contributed by atoms with Crippen LogP contribution >= 0.6 is 34.5 Å². The predicted octanol–water partition coefficient (Wildman–Crippen LogP) is 5.05. The highest BCUT2D eigenvalue weighted by atomic mass is 35.5. The predicted molar refractivity (Wildman–Crippen MR) is 137 cm³/mol. The van der Waals surface area contributed by atoms with Crippen LogP contribution in [0.3, 0.4) is 0 Å². The van der Waals surface area contributed by atoms with Gasteiger partial charge in [0, 0.05) is 31.2 Å². The van der Waals surface area contributed by atoms with Crippen molar-refractivity contribution in [3.05, 3.63) is 45.9 Å². The minimum atomic E-state index is -0.191. The van der Waals surface area contributed by atoms with Crippen molar-refractivity contribution in [1.82, 2.24) is 9.88 Å². The van der Waals surface area contributed by atoms with Crippen molar-refractivity contribution < 1.29 is 19.0 Å². The monoisotopic (exact) mass is 523 g/mol. The van der Waals surface area contributed by atoms with E-state index in [1.807, 2.05) is 19.1 Å². The van der Waals surface area contributed by atoms with Gasteiger partial charge in [-0.05, 0) is 43.2 Å². The number of morpholine rings is 1. The number of amides is 1. The molecular weight excluding hydrogens is 497 g/mol. The summed E-state index contributed by atoms with van der Waals surface area (Å²) in [5.74, 6) is 0.908. The summed E-state index contributed by atoms with van der Waals surface area (Å²) in [6, 6.07) is 8.82. The van der Waals surface area contributed by atoms with Crippen LogP contribution in [0.4, 0.5) is 5.13 Å². The Kier molecular flexibility index (Phi) is 8.50. The average molecular weight is 524 g/mol. The lowest BCUT2D eigenvalue weighted by Crippen LogP contribution is -2.40. The molecule has 0 bridgehead atoms. The van der Waals surface area contributed by atoms with E-state index in [2.05, 4.69) is 4.90 Å². The van der Waals surface area contributed by atoms with Crippen LogP contribution in [-0.2, 0) is 9.53 Å². The second-order valence-corrected chi connectivity index (χ2v) is 9.80. The lowest BCUT2D eigenvalue weighted by atomic mass is 10.2. The Labute approximate surface area is 213 Å². The zero-order valence-electron chi connectivity index (χ0n) is 19.2. The molecule has 7 nitrogen and oxygen atoms in total. The molecule has 182 valence electrons. The summed E-state index contributed by atoms with van der Waals surface area (Å²) in [5, 5.41) is 1.49. The first-order valence-electron chi connectivity index (χ1n) is 11.1. The molecule has 3 aromatic rings. The van der Waals surface area contributed by atoms with E-state index in [9.17, 15) is 4.79 Å². The van der Waals surface area contributed by atoms with Gasteiger partial charge in [-0.25, -0.2) is 4.98 Å². The highest BCUT2D eigenvalue weighted by molar-refractivity contribution is 7.22. The van der Waals surface area contributed by atoms with Crippen LogP contribution in [0.2, 0.25) is 10.0 Å². The zero-order valence-corrected chi connectivity index (χ0v) is 21.5. The third-order valence-corrected chi connectivity index (χ3v) is 7.39. The summed E-state index contributed by atoms with van der Waals surface area (Å²) in [6.45, 7) is 6.57. The van der Waals surface area contributed by atoms with Crippen LogP contribution in [-0.4, -0.2) is 68.9 Å². The average Bonchev–Trinajstić information content (AvgIpc) is 3.28. The smallest absolute Gasteiger partial charge is 0.266 e. The molecule has 1 aliphatic rings. The molecule has 4 rings (SSSR count). The Bertz CT molecular complexity index is 1150. The Balaban J connectivity index is 1.53. The summed E-state index contributed by atoms with van der Waals surface area (Å²) in [5.41, 5.74) is 1.85. The first kappa shape index (κ1) is 25.0. The first-order chi connectivity index (χ1) is 16.5. The minimum absolute atomic E-state index is 0.162. The molecule has 1 saturated heterocycles. The van der Waals surface area contributed by atoms with Gasteiger partial charge in [0.2, 0.25) is 0 Å². The quantitative estimate of drug-likeness (QED) is 0.390. The number of aromatic nitrogens is 1. The van der Waals surface area contributed by atoms with Gasteiger partial charge in [-0.1, -0.05) is 40.6 Å². The summed E-state index contributed by atoms with van der Waals surface area (Å²) < 4.78 is 17.7. The van der Waals surface area contributed by atoms with Gasteiger partial charge in [-0.2, -0.15) is 0 Å². The van der Waals surface area contributed by atoms with Crippen molar-refractivity contribution in [2.24, 2.45) is 0 Å². The molecule has 1 amide bonds. The summed E-state index contributed by atoms with van der Waals surface area (Å²) in [7, 11) is 1.62. The molecule has 0 spiro atoms. The van der Waals surface area contributed by atoms with Crippen molar-refractivity contribution in [2.75, 3.05) is 58.0 Å². The normalized spacial score (nSPS) is 14.4. The number of methoxy groups -OCH3 is 1. The molecule has 0 atom stereocenters. The van der Waals surface area contributed by atoms with E-state index < -0.39 is 0 Å². The molecule has 1 aliphatic heterocycles. The largest absolute Gasteiger partial charge is 0.494 e. The molecule has 0 saturated carbocycles. The highest BCUT2D eigenvalue weighted by Crippen LogP contribution is 2.36. The summed E-state index contributed by atoms with van der Waals surface area (Å²) >= 11 is 13.7. The number of carbonyl (C=O) groups is 1. The van der Waals surface area contributed by atoms with Gasteiger partial charge >= 0.3 is 0 Å². The van der Waals surface area contributed by atoms with Crippen LogP contribution in [0.25, 0.3) is 10.2 Å². The number of halogens is 2. The maximum Gasteiger partial charge on any atom is 0.266 e. The van der Waals surface area contributed by atoms with E-state index in [0.29, 0.717) is 33.2 Å². The SMILES string of the molecule is COc1ccc(C)c2sc(N(CCCN3CCOCC3)C(=O)COc3ccc(Cl)cc3Cl)nc12. The number of benzene rings is 2. The first-order valence-corrected chi connectivity index (χ1v) is 12.7. The van der Waals surface area contributed by atoms with Crippen LogP contribution in [0, 0.1) is 6.92 Å². The number of nitrogens with zero attached hydrogens (tertiary/aromatic N) is 3. The van der Waals surface area contributed by atoms with E-state index in [1.165, 1.54) is 11.3 Å². The molecule has 1 fully saturated rings. The van der Waals surface area contributed by atoms with Crippen molar-refractivity contribution in [1.29, 1.82) is 0 Å². The van der Waals surface area contributed by atoms with Crippen LogP contribution in [0.5, 0.6) is 11.5 Å². The Morgan fingerprint density at radius 1 is 1.21 bits per heavy atom. The van der Waals surface area contributed by atoms with Gasteiger partial charge in [0.1, 0.15) is 17.0 Å². The minimum Gasteiger partial charge on any atom is -0.494 e. The number of carbonyl (C=O) groups excluding carboxylic acids is 1. The second kappa shape index (κ2) is 11.6. The van der Waals surface area contributed by atoms with E-state index in [0.717, 1.165) is 55.0 Å². The van der Waals surface area contributed by atoms with E-state index in [1.54, 1.807) is 30.2 Å². The van der Waals surface area contributed by atoms with Gasteiger partial charge in [0.15, 0.2) is 11.7 Å². The number of fused-ring (bicyclic) bond motifs is 1. The number of ether oxygens (including phenoxy) is 3. The van der Waals surface area contributed by atoms with Crippen LogP contribution < -0.4 is 14.4 Å². The number of aryl methyl sites for hydroxylation is 1. The molecular formula is C24H27Cl2N3O4S. The molecule has 34 heavy (non-hydrogen) atoms. The molecule has 1 aromatic heterocycles. The maximum absolute atomic E-state index is 13.3. The Morgan fingerprint density at radius 2 is 1.97 bits per heavy atom. The molecule has 0 unspecified atom stereocenters. The fraction of sp³-hybridized carbons (Fsp3) is 0.417. The Hall–Kier alpha value is -2.10. The van der Waals surface area contributed by atoms with Crippen molar-refractivity contribution in [3.8, 4) is 11.5 Å². The lowest BCUT2D eigenvalue weighted by Gasteiger charge is -2.27. The summed E-state index contributed by atoms with van der Waals surface area (Å²) in [6.07, 6.45) is 0.805. The van der Waals surface area contributed by atoms with Gasteiger partial charge in [-0.3, -0.25) is 14.6 Å². The molecule has 10 heteroatoms. The van der Waals surface area contributed by atoms with E-state index >= 15 is 0 Å². The summed E-state index contributed by atoms with van der Waals surface area (Å²) in [4.78, 5) is 22.2. The van der Waals surface area contributed by atoms with Gasteiger partial charge in [0.05, 0.1) is 30.0 Å². The molecule has 0 radical (unpaired) electrons. The molecule has 0 aliphatic carbocycles. The molecule has 2 aromatic carbocycles. The number of hydrogen-bond acceptors (Lipinski definition) is 7. The fourth-order valence-corrected chi connectivity index (χ4v) is 5.35. The maximum atomic E-state index is 13.3. The standard InChI is InChI=1S/C24H27Cl2N3O4S/c1-16-4-6-20(31-2)22-23(16)34-24(27-22)29(9-3-8-28-10-12-32-13-11-28)21(30)15-33-19-7-5-17(25)14-18(19)26/h4-7,14H,3,8-13,15H2,1-2H3. The van der Waals surface area contributed by atoms with Gasteiger partial charge in [-0.15, -0.1) is 0 Å². The zero-order chi connectivity index (χ0) is 24.1. The molecule has 0 N–H and O–H groups in total. The third-order valence-electron chi connectivity index (χ3n) is 5.65. The van der Waals surface area contributed by atoms with E-state index in [4.69, 9.17) is 42.4 Å². The van der Waals surface area contributed by atoms with Crippen molar-refractivity contribution in [3.63, 3.8) is 0 Å². The number of rotatable bonds is 9. The van der Waals surface area contributed by atoms with Crippen molar-refractivity contribution >= 4 is 55.8 Å². The van der Waals surface area contributed by atoms with Crippen LogP contribution in [0.1, 0.15) is 12.0 Å². The van der Waals surface area contributed by atoms with E-state index in [-0.39, 0.29) is 12.5 Å². The number of thiazole rings is 1. The highest BCUT2D eigenvalue weighted by Gasteiger charge is 2.23. The van der Waals surface area contributed by atoms with Gasteiger partial charge in [0.25, 0.3) is 5.91 Å². The Morgan fingerprint density at radius 3 is 2.71 bits per heavy atom. The van der Waals surface area contributed by atoms with Crippen molar-refractivity contribution in [2.45, 2.75) is 13.3 Å². The van der Waals surface area contributed by atoms with Gasteiger partial charge < -0.3 is 14.2 Å².